The van der Waals surface area contributed by atoms with E-state index >= 15 is 0 Å². The summed E-state index contributed by atoms with van der Waals surface area (Å²) in [6.07, 6.45) is 0.00880. The number of hydrogen-bond donors (Lipinski definition) is 0. The fourth-order valence-electron chi connectivity index (χ4n) is 1.39. The topological polar surface area (TPSA) is 35.5 Å². The number of carbonyl (C=O) groups excluding carboxylic acids is 1. The maximum Gasteiger partial charge on any atom is 0.352 e. The first-order valence-electron chi connectivity index (χ1n) is 4.71. The fraction of sp³-hybridized carbons (Fsp3) is 0.300. The van der Waals surface area contributed by atoms with Gasteiger partial charge in [0.15, 0.2) is 17.6 Å². The number of carbonyl (C=O) groups is 1. The van der Waals surface area contributed by atoms with E-state index in [1.807, 2.05) is 6.92 Å². The van der Waals surface area contributed by atoms with Crippen LogP contribution in [0.1, 0.15) is 13.3 Å². The largest absolute Gasteiger partial charge is 0.474 e. The van der Waals surface area contributed by atoms with E-state index in [0.717, 1.165) is 8.95 Å². The Morgan fingerprint density at radius 2 is 1.53 bits per heavy atom. The molecule has 1 aromatic rings. The van der Waals surface area contributed by atoms with Crippen LogP contribution in [0.3, 0.4) is 0 Å². The van der Waals surface area contributed by atoms with E-state index < -0.39 is 6.10 Å². The van der Waals surface area contributed by atoms with E-state index in [-0.39, 0.29) is 5.97 Å². The van der Waals surface area contributed by atoms with E-state index in [1.165, 1.54) is 0 Å². The first-order chi connectivity index (χ1) is 7.97. The maximum absolute atomic E-state index is 11.6. The van der Waals surface area contributed by atoms with Gasteiger partial charge in [0.25, 0.3) is 0 Å². The third kappa shape index (κ3) is 2.31. The molecule has 1 aliphatic heterocycles. The number of fused-ring (bicyclic) bond motifs is 1. The highest BCUT2D eigenvalue weighted by Gasteiger charge is 2.33. The van der Waals surface area contributed by atoms with Gasteiger partial charge in [0.1, 0.15) is 0 Å². The first kappa shape index (κ1) is 13.8. The highest BCUT2D eigenvalue weighted by atomic mass is 79.9. The zero-order valence-electron chi connectivity index (χ0n) is 8.52. The molecule has 0 unspecified atom stereocenters. The Balaban J connectivity index is 2.62. The molecule has 92 valence electrons. The van der Waals surface area contributed by atoms with Crippen molar-refractivity contribution >= 4 is 69.7 Å². The molecule has 7 heteroatoms. The van der Waals surface area contributed by atoms with Gasteiger partial charge in [0.2, 0.25) is 0 Å². The summed E-state index contributed by atoms with van der Waals surface area (Å²) in [4.78, 5) is 11.6. The lowest BCUT2D eigenvalue weighted by atomic mass is 10.2. The Hall–Kier alpha value is 0.410. The molecule has 3 nitrogen and oxygen atoms in total. The molecule has 1 atom stereocenters. The molecule has 0 amide bonds. The zero-order valence-corrected chi connectivity index (χ0v) is 14.9. The summed E-state index contributed by atoms with van der Waals surface area (Å²) in [6, 6.07) is 0. The molecule has 0 aliphatic carbocycles. The Kier molecular flexibility index (Phi) is 4.22. The van der Waals surface area contributed by atoms with Crippen molar-refractivity contribution in [3.8, 4) is 11.5 Å². The molecule has 0 N–H and O–H groups in total. The van der Waals surface area contributed by atoms with E-state index in [9.17, 15) is 4.79 Å². The number of hydrogen-bond acceptors (Lipinski definition) is 3. The number of esters is 1. The summed E-state index contributed by atoms with van der Waals surface area (Å²) in [5.74, 6) is 0.543. The molecule has 1 aliphatic rings. The molecule has 0 radical (unpaired) electrons. The molecular formula is C10H6Br4O3. The minimum Gasteiger partial charge on any atom is -0.474 e. The fourth-order valence-corrected chi connectivity index (χ4v) is 3.61. The quantitative estimate of drug-likeness (QED) is 0.244. The van der Waals surface area contributed by atoms with Gasteiger partial charge in [-0.05, 0) is 70.1 Å². The van der Waals surface area contributed by atoms with Crippen LogP contribution in [-0.4, -0.2) is 12.1 Å². The molecule has 17 heavy (non-hydrogen) atoms. The molecule has 2 rings (SSSR count). The average molecular weight is 494 g/mol. The number of ether oxygens (including phenoxy) is 2. The highest BCUT2D eigenvalue weighted by molar-refractivity contribution is 9.15. The highest BCUT2D eigenvalue weighted by Crippen LogP contribution is 2.52. The summed E-state index contributed by atoms with van der Waals surface area (Å²) in [5.41, 5.74) is 0. The third-order valence-corrected chi connectivity index (χ3v) is 6.97. The summed E-state index contributed by atoms with van der Waals surface area (Å²) in [6.45, 7) is 1.87. The minimum absolute atomic E-state index is 0.373. The van der Waals surface area contributed by atoms with Crippen LogP contribution in [0, 0.1) is 0 Å². The van der Waals surface area contributed by atoms with E-state index in [0.29, 0.717) is 26.9 Å². The molecule has 0 spiro atoms. The monoisotopic (exact) mass is 490 g/mol. The summed E-state index contributed by atoms with van der Waals surface area (Å²) < 4.78 is 13.9. The van der Waals surface area contributed by atoms with Crippen LogP contribution in [0.15, 0.2) is 17.9 Å². The second-order valence-electron chi connectivity index (χ2n) is 3.35. The summed E-state index contributed by atoms with van der Waals surface area (Å²) in [7, 11) is 0. The van der Waals surface area contributed by atoms with Crippen molar-refractivity contribution in [1.29, 1.82) is 0 Å². The van der Waals surface area contributed by atoms with Crippen LogP contribution in [0.25, 0.3) is 0 Å². The molecule has 0 bridgehead atoms. The van der Waals surface area contributed by atoms with Crippen molar-refractivity contribution in [2.75, 3.05) is 0 Å². The van der Waals surface area contributed by atoms with Gasteiger partial charge in [0.05, 0.1) is 17.9 Å². The van der Waals surface area contributed by atoms with Crippen LogP contribution < -0.4 is 9.47 Å². The minimum atomic E-state index is -0.557. The van der Waals surface area contributed by atoms with Gasteiger partial charge < -0.3 is 9.47 Å². The van der Waals surface area contributed by atoms with Crippen LogP contribution in [0.4, 0.5) is 0 Å². The standard InChI is InChI=1S/C10H6Br4O3/c1-2-3-10(15)17-9-7(14)5(12)4(11)6(13)8(9)16-3/h3H,2H2,1H3/t3-/m1/s1. The lowest BCUT2D eigenvalue weighted by Gasteiger charge is -2.26. The van der Waals surface area contributed by atoms with Gasteiger partial charge in [-0.25, -0.2) is 4.79 Å². The van der Waals surface area contributed by atoms with Gasteiger partial charge in [-0.3, -0.25) is 0 Å². The number of benzene rings is 1. The van der Waals surface area contributed by atoms with E-state index in [2.05, 4.69) is 63.7 Å². The van der Waals surface area contributed by atoms with Gasteiger partial charge >= 0.3 is 5.97 Å². The van der Waals surface area contributed by atoms with Crippen LogP contribution in [0.5, 0.6) is 11.5 Å². The first-order valence-corrected chi connectivity index (χ1v) is 7.88. The summed E-state index contributed by atoms with van der Waals surface area (Å²) >= 11 is 13.6. The SMILES string of the molecule is CC[C@H]1Oc2c(Br)c(Br)c(Br)c(Br)c2OC1=O. The molecule has 0 saturated heterocycles. The molecule has 0 saturated carbocycles. The second kappa shape index (κ2) is 5.19. The van der Waals surface area contributed by atoms with Gasteiger partial charge in [-0.2, -0.15) is 0 Å². The molecule has 1 heterocycles. The Morgan fingerprint density at radius 3 is 2.06 bits per heavy atom. The maximum atomic E-state index is 11.6. The van der Waals surface area contributed by atoms with Crippen LogP contribution in [0.2, 0.25) is 0 Å². The average Bonchev–Trinajstić information content (AvgIpc) is 2.33. The third-order valence-electron chi connectivity index (χ3n) is 2.28. The van der Waals surface area contributed by atoms with Gasteiger partial charge in [-0.15, -0.1) is 0 Å². The van der Waals surface area contributed by atoms with Crippen molar-refractivity contribution in [2.45, 2.75) is 19.4 Å². The Bertz CT molecular complexity index is 501. The van der Waals surface area contributed by atoms with Crippen molar-refractivity contribution in [2.24, 2.45) is 0 Å². The predicted octanol–water partition coefficient (Wildman–Crippen LogP) is 4.81. The Morgan fingerprint density at radius 1 is 1.00 bits per heavy atom. The van der Waals surface area contributed by atoms with Gasteiger partial charge in [-0.1, -0.05) is 6.92 Å². The number of halogens is 4. The van der Waals surface area contributed by atoms with E-state index in [4.69, 9.17) is 9.47 Å². The number of rotatable bonds is 1. The van der Waals surface area contributed by atoms with Crippen molar-refractivity contribution < 1.29 is 14.3 Å². The molecule has 0 aromatic heterocycles. The second-order valence-corrected chi connectivity index (χ2v) is 6.52. The van der Waals surface area contributed by atoms with Crippen LogP contribution >= 0.6 is 63.7 Å². The normalized spacial score (nSPS) is 18.4. The van der Waals surface area contributed by atoms with Crippen molar-refractivity contribution in [1.82, 2.24) is 0 Å². The summed E-state index contributed by atoms with van der Waals surface area (Å²) in [5, 5.41) is 0. The lowest BCUT2D eigenvalue weighted by molar-refractivity contribution is -0.145. The lowest BCUT2D eigenvalue weighted by Crippen LogP contribution is -2.35. The Labute approximate surface area is 132 Å². The van der Waals surface area contributed by atoms with E-state index in [1.54, 1.807) is 0 Å². The van der Waals surface area contributed by atoms with Crippen molar-refractivity contribution in [3.05, 3.63) is 17.9 Å². The molecular weight excluding hydrogens is 488 g/mol. The smallest absolute Gasteiger partial charge is 0.352 e. The van der Waals surface area contributed by atoms with Gasteiger partial charge in [0, 0.05) is 0 Å². The van der Waals surface area contributed by atoms with Crippen LogP contribution in [-0.2, 0) is 4.79 Å². The molecule has 1 aromatic carbocycles. The van der Waals surface area contributed by atoms with Crippen molar-refractivity contribution in [3.63, 3.8) is 0 Å². The predicted molar refractivity (Wildman–Crippen MR) is 77.6 cm³/mol. The molecule has 0 fully saturated rings. The zero-order chi connectivity index (χ0) is 12.7.